The van der Waals surface area contributed by atoms with Gasteiger partial charge in [0.2, 0.25) is 5.91 Å². The molecule has 1 aromatic rings. The fraction of sp³-hybridized carbons (Fsp3) is 0.357. The Hall–Kier alpha value is -2.41. The van der Waals surface area contributed by atoms with E-state index in [0.717, 1.165) is 11.3 Å². The molecule has 0 bridgehead atoms. The summed E-state index contributed by atoms with van der Waals surface area (Å²) in [6, 6.07) is 4.45. The summed E-state index contributed by atoms with van der Waals surface area (Å²) in [5.41, 5.74) is 2.18. The molecule has 1 aromatic carbocycles. The number of amides is 2. The zero-order chi connectivity index (χ0) is 15.1. The normalized spacial score (nSPS) is 24.9. The Balaban J connectivity index is 1.91. The number of fused-ring (bicyclic) bond motifs is 1. The van der Waals surface area contributed by atoms with Gasteiger partial charge in [-0.25, -0.2) is 0 Å². The molecular weight excluding hydrogens is 274 g/mol. The first-order valence-corrected chi connectivity index (χ1v) is 6.64. The largest absolute Gasteiger partial charge is 0.388 e. The van der Waals surface area contributed by atoms with Gasteiger partial charge in [0.25, 0.3) is 5.91 Å². The second-order valence-corrected chi connectivity index (χ2v) is 5.11. The number of carbonyl (C=O) groups excluding carboxylic acids is 3. The van der Waals surface area contributed by atoms with Crippen LogP contribution in [-0.2, 0) is 16.1 Å². The van der Waals surface area contributed by atoms with Crippen LogP contribution in [0.5, 0.6) is 0 Å². The molecule has 2 heterocycles. The average Bonchev–Trinajstić information content (AvgIpc) is 2.80. The van der Waals surface area contributed by atoms with Crippen LogP contribution in [-0.4, -0.2) is 46.9 Å². The van der Waals surface area contributed by atoms with Crippen molar-refractivity contribution in [2.45, 2.75) is 25.2 Å². The van der Waals surface area contributed by atoms with Gasteiger partial charge in [0, 0.05) is 36.8 Å². The number of rotatable bonds is 2. The zero-order valence-corrected chi connectivity index (χ0v) is 11.4. The van der Waals surface area contributed by atoms with E-state index in [9.17, 15) is 19.5 Å². The van der Waals surface area contributed by atoms with E-state index >= 15 is 0 Å². The number of ketones is 1. The highest BCUT2D eigenvalue weighted by molar-refractivity contribution is 6.05. The average molecular weight is 289 g/mol. The molecule has 2 unspecified atom stereocenters. The highest BCUT2D eigenvalue weighted by Crippen LogP contribution is 2.31. The number of aliphatic hydroxyl groups is 1. The van der Waals surface area contributed by atoms with E-state index in [2.05, 4.69) is 10.6 Å². The maximum absolute atomic E-state index is 12.4. The summed E-state index contributed by atoms with van der Waals surface area (Å²) in [7, 11) is 1.76. The Morgan fingerprint density at radius 2 is 2.10 bits per heavy atom. The van der Waals surface area contributed by atoms with Crippen molar-refractivity contribution >= 4 is 23.3 Å². The van der Waals surface area contributed by atoms with Crippen molar-refractivity contribution < 1.29 is 19.5 Å². The number of nitrogens with one attached hydrogen (secondary N) is 2. The van der Waals surface area contributed by atoms with E-state index in [0.29, 0.717) is 5.56 Å². The van der Waals surface area contributed by atoms with Gasteiger partial charge < -0.3 is 20.6 Å². The van der Waals surface area contributed by atoms with E-state index < -0.39 is 24.0 Å². The van der Waals surface area contributed by atoms with Crippen LogP contribution in [0.15, 0.2) is 18.2 Å². The molecule has 0 radical (unpaired) electrons. The number of Topliss-reactive ketones (excluding diaryl/α,β-unsaturated/α-hetero) is 1. The summed E-state index contributed by atoms with van der Waals surface area (Å²) < 4.78 is 0. The molecule has 2 amide bonds. The lowest BCUT2D eigenvalue weighted by atomic mass is 10.0. The van der Waals surface area contributed by atoms with Gasteiger partial charge >= 0.3 is 0 Å². The highest BCUT2D eigenvalue weighted by Gasteiger charge is 2.42. The van der Waals surface area contributed by atoms with Gasteiger partial charge in [-0.3, -0.25) is 14.4 Å². The van der Waals surface area contributed by atoms with Crippen molar-refractivity contribution in [2.24, 2.45) is 0 Å². The van der Waals surface area contributed by atoms with Crippen molar-refractivity contribution in [3.8, 4) is 0 Å². The second-order valence-electron chi connectivity index (χ2n) is 5.11. The van der Waals surface area contributed by atoms with Crippen LogP contribution in [0.3, 0.4) is 0 Å². The summed E-state index contributed by atoms with van der Waals surface area (Å²) in [6.07, 6.45) is -1.64. The monoisotopic (exact) mass is 289 g/mol. The minimum absolute atomic E-state index is 0.165. The number of carbonyl (C=O) groups is 3. The van der Waals surface area contributed by atoms with Crippen LogP contribution < -0.4 is 10.6 Å². The minimum Gasteiger partial charge on any atom is -0.388 e. The fourth-order valence-electron chi connectivity index (χ4n) is 2.80. The minimum atomic E-state index is -1.47. The van der Waals surface area contributed by atoms with Gasteiger partial charge in [-0.2, -0.15) is 0 Å². The van der Waals surface area contributed by atoms with Gasteiger partial charge in [0.1, 0.15) is 6.04 Å². The van der Waals surface area contributed by atoms with Crippen molar-refractivity contribution in [3.63, 3.8) is 0 Å². The number of benzene rings is 1. The first-order valence-electron chi connectivity index (χ1n) is 6.64. The molecule has 110 valence electrons. The molecule has 7 heteroatoms. The predicted octanol–water partition coefficient (Wildman–Crippen LogP) is -0.540. The van der Waals surface area contributed by atoms with Gasteiger partial charge in [0.05, 0.1) is 0 Å². The molecule has 0 aromatic heterocycles. The first kappa shape index (κ1) is 13.6. The fourth-order valence-corrected chi connectivity index (χ4v) is 2.80. The third kappa shape index (κ3) is 2.06. The topological polar surface area (TPSA) is 98.7 Å². The van der Waals surface area contributed by atoms with Crippen LogP contribution in [0, 0.1) is 0 Å². The first-order chi connectivity index (χ1) is 10.0. The predicted molar refractivity (Wildman–Crippen MR) is 73.4 cm³/mol. The molecule has 1 saturated heterocycles. The summed E-state index contributed by atoms with van der Waals surface area (Å²) in [4.78, 5) is 37.4. The third-order valence-corrected chi connectivity index (χ3v) is 3.92. The quantitative estimate of drug-likeness (QED) is 0.679. The summed E-state index contributed by atoms with van der Waals surface area (Å²) in [5, 5.41) is 14.5. The molecule has 3 N–H and O–H groups in total. The van der Waals surface area contributed by atoms with E-state index in [1.807, 2.05) is 6.07 Å². The maximum Gasteiger partial charge on any atom is 0.255 e. The van der Waals surface area contributed by atoms with Gasteiger partial charge in [-0.05, 0) is 12.1 Å². The number of nitrogens with zero attached hydrogens (tertiary/aromatic N) is 1. The van der Waals surface area contributed by atoms with E-state index in [1.54, 1.807) is 19.2 Å². The molecule has 21 heavy (non-hydrogen) atoms. The molecule has 0 saturated carbocycles. The van der Waals surface area contributed by atoms with Crippen molar-refractivity contribution in [3.05, 3.63) is 29.3 Å². The van der Waals surface area contributed by atoms with Crippen LogP contribution in [0.2, 0.25) is 0 Å². The van der Waals surface area contributed by atoms with Crippen molar-refractivity contribution in [1.29, 1.82) is 0 Å². The number of hydrogen-bond donors (Lipinski definition) is 3. The number of anilines is 1. The molecule has 0 spiro atoms. The molecule has 2 atom stereocenters. The van der Waals surface area contributed by atoms with Crippen molar-refractivity contribution in [2.75, 3.05) is 12.4 Å². The molecular formula is C14H15N3O4. The lowest BCUT2D eigenvalue weighted by Gasteiger charge is -2.31. The van der Waals surface area contributed by atoms with Crippen molar-refractivity contribution in [1.82, 2.24) is 10.2 Å². The Morgan fingerprint density at radius 1 is 1.33 bits per heavy atom. The van der Waals surface area contributed by atoms with Crippen LogP contribution in [0.25, 0.3) is 0 Å². The molecule has 1 fully saturated rings. The number of piperidine rings is 1. The van der Waals surface area contributed by atoms with Gasteiger partial charge in [-0.1, -0.05) is 6.07 Å². The number of aliphatic hydroxyl groups excluding tert-OH is 1. The summed E-state index contributed by atoms with van der Waals surface area (Å²) in [5.74, 6) is -1.27. The molecule has 2 aliphatic heterocycles. The molecule has 7 nitrogen and oxygen atoms in total. The SMILES string of the molecule is CNc1cccc2c1CN(C1CC(=O)C(O)NC1=O)C2=O. The highest BCUT2D eigenvalue weighted by atomic mass is 16.3. The van der Waals surface area contributed by atoms with Crippen LogP contribution in [0.4, 0.5) is 5.69 Å². The number of hydrogen-bond acceptors (Lipinski definition) is 5. The van der Waals surface area contributed by atoms with Crippen LogP contribution in [0.1, 0.15) is 22.3 Å². The third-order valence-electron chi connectivity index (χ3n) is 3.92. The van der Waals surface area contributed by atoms with E-state index in [-0.39, 0.29) is 18.9 Å². The zero-order valence-electron chi connectivity index (χ0n) is 11.4. The van der Waals surface area contributed by atoms with E-state index in [1.165, 1.54) is 4.90 Å². The summed E-state index contributed by atoms with van der Waals surface area (Å²) in [6.45, 7) is 0.270. The summed E-state index contributed by atoms with van der Waals surface area (Å²) >= 11 is 0. The lowest BCUT2D eigenvalue weighted by Crippen LogP contribution is -2.58. The Bertz CT molecular complexity index is 643. The molecule has 0 aliphatic carbocycles. The van der Waals surface area contributed by atoms with Gasteiger partial charge in [0.15, 0.2) is 12.0 Å². The Kier molecular flexibility index (Phi) is 3.13. The molecule has 3 rings (SSSR count). The van der Waals surface area contributed by atoms with Gasteiger partial charge in [-0.15, -0.1) is 0 Å². The molecule has 2 aliphatic rings. The maximum atomic E-state index is 12.4. The van der Waals surface area contributed by atoms with E-state index in [4.69, 9.17) is 0 Å². The Labute approximate surface area is 120 Å². The second kappa shape index (κ2) is 4.85. The smallest absolute Gasteiger partial charge is 0.255 e. The van der Waals surface area contributed by atoms with Crippen LogP contribution >= 0.6 is 0 Å². The lowest BCUT2D eigenvalue weighted by molar-refractivity contribution is -0.145. The Morgan fingerprint density at radius 3 is 2.81 bits per heavy atom. The standard InChI is InChI=1S/C14H15N3O4/c1-15-9-4-2-3-7-8(9)6-17(14(7)21)10-5-11(18)13(20)16-12(10)19/h2-4,10,13,15,20H,5-6H2,1H3,(H,16,19).